The fourth-order valence-electron chi connectivity index (χ4n) is 2.95. The van der Waals surface area contributed by atoms with E-state index in [4.69, 9.17) is 0 Å². The Kier molecular flexibility index (Phi) is 4.16. The minimum absolute atomic E-state index is 0.0242. The number of hydrogen-bond acceptors (Lipinski definition) is 5. The first-order valence-corrected chi connectivity index (χ1v) is 9.29. The molecule has 1 aromatic carbocycles. The zero-order chi connectivity index (χ0) is 17.6. The molecule has 1 aliphatic carbocycles. The number of halogens is 2. The number of nitrogens with zero attached hydrogens (tertiary/aromatic N) is 4. The molecule has 1 aliphatic rings. The normalized spacial score (nSPS) is 15.7. The fourth-order valence-corrected chi connectivity index (χ4v) is 3.42. The number of rotatable bonds is 5. The van der Waals surface area contributed by atoms with Crippen LogP contribution in [0.2, 0.25) is 0 Å². The van der Waals surface area contributed by atoms with Crippen molar-refractivity contribution in [3.8, 4) is 11.4 Å². The zero-order valence-electron chi connectivity index (χ0n) is 13.8. The molecule has 4 rings (SSSR count). The van der Waals surface area contributed by atoms with Crippen LogP contribution in [0, 0.1) is 11.6 Å². The second-order valence-electron chi connectivity index (χ2n) is 6.20. The van der Waals surface area contributed by atoms with Crippen molar-refractivity contribution in [2.24, 2.45) is 0 Å². The zero-order valence-corrected chi connectivity index (χ0v) is 14.6. The van der Waals surface area contributed by atoms with Gasteiger partial charge in [-0.1, -0.05) is 11.9 Å². The smallest absolute Gasteiger partial charge is 0.161 e. The molecule has 1 fully saturated rings. The molecule has 0 amide bonds. The highest BCUT2D eigenvalue weighted by atomic mass is 32.2. The Balaban J connectivity index is 1.86. The molecule has 3 aromatic rings. The van der Waals surface area contributed by atoms with Crippen LogP contribution < -0.4 is 4.72 Å². The average molecular weight is 361 g/mol. The van der Waals surface area contributed by atoms with Gasteiger partial charge in [-0.25, -0.2) is 13.8 Å². The molecule has 8 heteroatoms. The number of fused-ring (bicyclic) bond motifs is 1. The van der Waals surface area contributed by atoms with Crippen molar-refractivity contribution < 1.29 is 8.78 Å². The molecule has 1 N–H and O–H groups in total. The van der Waals surface area contributed by atoms with Crippen molar-refractivity contribution in [1.82, 2.24) is 24.5 Å². The summed E-state index contributed by atoms with van der Waals surface area (Å²) in [7, 11) is 0. The molecule has 1 atom stereocenters. The summed E-state index contributed by atoms with van der Waals surface area (Å²) in [6.07, 6.45) is 5.60. The van der Waals surface area contributed by atoms with Gasteiger partial charge in [0.2, 0.25) is 0 Å². The largest absolute Gasteiger partial charge is 0.321 e. The highest BCUT2D eigenvalue weighted by Gasteiger charge is 2.29. The molecule has 25 heavy (non-hydrogen) atoms. The lowest BCUT2D eigenvalue weighted by Gasteiger charge is -2.12. The predicted octanol–water partition coefficient (Wildman–Crippen LogP) is 4.04. The molecule has 2 heterocycles. The standard InChI is InChI=1S/C17H17F2N5S/c1-9(23-25-2)14-5-10(8-20-22-14)17-21-15-6-12(18)13(19)7-16(15)24(17)11-3-4-11/h5-9,11,23H,3-4H2,1-2H3. The predicted molar refractivity (Wildman–Crippen MR) is 94.0 cm³/mol. The van der Waals surface area contributed by atoms with Gasteiger partial charge in [0, 0.05) is 23.7 Å². The molecule has 0 saturated heterocycles. The number of aromatic nitrogens is 4. The highest BCUT2D eigenvalue weighted by Crippen LogP contribution is 2.41. The third kappa shape index (κ3) is 3.00. The van der Waals surface area contributed by atoms with Crippen molar-refractivity contribution in [1.29, 1.82) is 0 Å². The minimum atomic E-state index is -0.883. The first-order chi connectivity index (χ1) is 12.1. The van der Waals surface area contributed by atoms with Crippen molar-refractivity contribution in [2.75, 3.05) is 6.26 Å². The van der Waals surface area contributed by atoms with Gasteiger partial charge in [-0.3, -0.25) is 4.72 Å². The molecular weight excluding hydrogens is 344 g/mol. The molecule has 0 radical (unpaired) electrons. The van der Waals surface area contributed by atoms with Gasteiger partial charge in [-0.2, -0.15) is 10.2 Å². The van der Waals surface area contributed by atoms with Gasteiger partial charge >= 0.3 is 0 Å². The van der Waals surface area contributed by atoms with E-state index < -0.39 is 11.6 Å². The van der Waals surface area contributed by atoms with Crippen LogP contribution >= 0.6 is 11.9 Å². The SMILES string of the molecule is CSNC(C)c1cc(-c2nc3cc(F)c(F)cc3n2C2CC2)cnn1. The summed E-state index contributed by atoms with van der Waals surface area (Å²) < 4.78 is 32.5. The van der Waals surface area contributed by atoms with Gasteiger partial charge in [0.05, 0.1) is 29.0 Å². The maximum atomic E-state index is 13.7. The van der Waals surface area contributed by atoms with Crippen LogP contribution in [0.1, 0.15) is 37.5 Å². The molecular formula is C17H17F2N5S. The topological polar surface area (TPSA) is 55.6 Å². The molecule has 1 unspecified atom stereocenters. The molecule has 2 aromatic heterocycles. The van der Waals surface area contributed by atoms with Gasteiger partial charge in [0.25, 0.3) is 0 Å². The Morgan fingerprint density at radius 1 is 1.24 bits per heavy atom. The minimum Gasteiger partial charge on any atom is -0.321 e. The van der Waals surface area contributed by atoms with Crippen LogP contribution in [0.4, 0.5) is 8.78 Å². The first kappa shape index (κ1) is 16.4. The summed E-state index contributed by atoms with van der Waals surface area (Å²) in [5.74, 6) is -1.06. The van der Waals surface area contributed by atoms with E-state index in [9.17, 15) is 8.78 Å². The van der Waals surface area contributed by atoms with Crippen LogP contribution in [0.25, 0.3) is 22.4 Å². The Morgan fingerprint density at radius 3 is 2.72 bits per heavy atom. The van der Waals surface area contributed by atoms with E-state index in [1.54, 1.807) is 6.20 Å². The van der Waals surface area contributed by atoms with E-state index in [-0.39, 0.29) is 12.1 Å². The number of imidazole rings is 1. The molecule has 0 bridgehead atoms. The molecule has 0 spiro atoms. The van der Waals surface area contributed by atoms with Gasteiger partial charge in [0.1, 0.15) is 5.82 Å². The lowest BCUT2D eigenvalue weighted by molar-refractivity contribution is 0.510. The lowest BCUT2D eigenvalue weighted by atomic mass is 10.2. The number of hydrogen-bond donors (Lipinski definition) is 1. The molecule has 130 valence electrons. The Bertz CT molecular complexity index is 938. The summed E-state index contributed by atoms with van der Waals surface area (Å²) in [6.45, 7) is 2.00. The monoisotopic (exact) mass is 361 g/mol. The Labute approximate surface area is 148 Å². The molecule has 0 aliphatic heterocycles. The van der Waals surface area contributed by atoms with Crippen molar-refractivity contribution >= 4 is 23.0 Å². The second kappa shape index (κ2) is 6.34. The van der Waals surface area contributed by atoms with Gasteiger partial charge in [-0.05, 0) is 32.1 Å². The van der Waals surface area contributed by atoms with Gasteiger partial charge in [-0.15, -0.1) is 0 Å². The highest BCUT2D eigenvalue weighted by molar-refractivity contribution is 7.96. The summed E-state index contributed by atoms with van der Waals surface area (Å²) in [4.78, 5) is 4.56. The average Bonchev–Trinajstić information content (AvgIpc) is 3.38. The fraction of sp³-hybridized carbons (Fsp3) is 0.353. The third-order valence-electron chi connectivity index (χ3n) is 4.31. The molecule has 5 nitrogen and oxygen atoms in total. The van der Waals surface area contributed by atoms with Crippen LogP contribution in [0.3, 0.4) is 0 Å². The Morgan fingerprint density at radius 2 is 2.00 bits per heavy atom. The van der Waals surface area contributed by atoms with Crippen molar-refractivity contribution in [3.05, 3.63) is 41.7 Å². The van der Waals surface area contributed by atoms with E-state index in [1.165, 1.54) is 18.0 Å². The Hall–Kier alpha value is -2.06. The van der Waals surface area contributed by atoms with Crippen LogP contribution in [0.15, 0.2) is 24.4 Å². The molecule has 1 saturated carbocycles. The van der Waals surface area contributed by atoms with E-state index >= 15 is 0 Å². The first-order valence-electron chi connectivity index (χ1n) is 8.07. The quantitative estimate of drug-likeness (QED) is 0.695. The summed E-state index contributed by atoms with van der Waals surface area (Å²) in [6, 6.07) is 4.60. The third-order valence-corrected chi connectivity index (χ3v) is 4.90. The second-order valence-corrected chi connectivity index (χ2v) is 6.85. The van der Waals surface area contributed by atoms with E-state index in [1.807, 2.05) is 23.8 Å². The van der Waals surface area contributed by atoms with E-state index in [0.29, 0.717) is 16.9 Å². The van der Waals surface area contributed by atoms with Crippen molar-refractivity contribution in [2.45, 2.75) is 31.8 Å². The maximum Gasteiger partial charge on any atom is 0.161 e. The van der Waals surface area contributed by atoms with Gasteiger partial charge in [0.15, 0.2) is 11.6 Å². The van der Waals surface area contributed by atoms with Gasteiger partial charge < -0.3 is 4.57 Å². The van der Waals surface area contributed by atoms with E-state index in [2.05, 4.69) is 19.9 Å². The van der Waals surface area contributed by atoms with Crippen molar-refractivity contribution in [3.63, 3.8) is 0 Å². The number of nitrogens with one attached hydrogen (secondary N) is 1. The van der Waals surface area contributed by atoms with Crippen LogP contribution in [0.5, 0.6) is 0 Å². The lowest BCUT2D eigenvalue weighted by Crippen LogP contribution is -2.12. The number of benzene rings is 1. The maximum absolute atomic E-state index is 13.7. The van der Waals surface area contributed by atoms with Crippen LogP contribution in [-0.4, -0.2) is 26.0 Å². The summed E-state index contributed by atoms with van der Waals surface area (Å²) in [5, 5.41) is 8.26. The van der Waals surface area contributed by atoms with E-state index in [0.717, 1.165) is 30.2 Å². The summed E-state index contributed by atoms with van der Waals surface area (Å²) >= 11 is 1.51. The van der Waals surface area contributed by atoms with Crippen LogP contribution in [-0.2, 0) is 0 Å². The summed E-state index contributed by atoms with van der Waals surface area (Å²) in [5.41, 5.74) is 2.65.